The van der Waals surface area contributed by atoms with Gasteiger partial charge in [0.2, 0.25) is 5.91 Å². The monoisotopic (exact) mass is 449 g/mol. The first-order valence-corrected chi connectivity index (χ1v) is 12.0. The van der Waals surface area contributed by atoms with Crippen molar-refractivity contribution in [2.75, 3.05) is 31.6 Å². The molecule has 1 aliphatic rings. The van der Waals surface area contributed by atoms with Gasteiger partial charge in [0.05, 0.1) is 25.3 Å². The third-order valence-electron chi connectivity index (χ3n) is 5.64. The van der Waals surface area contributed by atoms with Crippen LogP contribution in [0, 0.1) is 0 Å². The summed E-state index contributed by atoms with van der Waals surface area (Å²) in [6, 6.07) is 16.6. The van der Waals surface area contributed by atoms with Gasteiger partial charge >= 0.3 is 0 Å². The zero-order chi connectivity index (χ0) is 22.6. The summed E-state index contributed by atoms with van der Waals surface area (Å²) in [7, 11) is 0. The molecule has 1 amide bonds. The molecule has 5 nitrogen and oxygen atoms in total. The Bertz CT molecular complexity index is 1030. The molecule has 1 aliphatic heterocycles. The summed E-state index contributed by atoms with van der Waals surface area (Å²) in [5.41, 5.74) is 5.34. The number of morpholine rings is 1. The number of aromatic nitrogens is 1. The topological polar surface area (TPSA) is 54.5 Å². The van der Waals surface area contributed by atoms with E-state index in [0.717, 1.165) is 54.8 Å². The first-order valence-electron chi connectivity index (χ1n) is 11.1. The van der Waals surface area contributed by atoms with Crippen molar-refractivity contribution in [3.8, 4) is 10.6 Å². The lowest BCUT2D eigenvalue weighted by atomic mass is 9.87. The van der Waals surface area contributed by atoms with Gasteiger partial charge in [-0.15, -0.1) is 11.3 Å². The van der Waals surface area contributed by atoms with Crippen LogP contribution in [0.2, 0.25) is 0 Å². The van der Waals surface area contributed by atoms with E-state index in [1.807, 2.05) is 17.5 Å². The second-order valence-electron chi connectivity index (χ2n) is 9.28. The van der Waals surface area contributed by atoms with Gasteiger partial charge in [0, 0.05) is 36.3 Å². The van der Waals surface area contributed by atoms with E-state index >= 15 is 0 Å². The molecule has 0 spiro atoms. The quantitative estimate of drug-likeness (QED) is 0.567. The van der Waals surface area contributed by atoms with Crippen LogP contribution >= 0.6 is 11.3 Å². The lowest BCUT2D eigenvalue weighted by Crippen LogP contribution is -2.35. The summed E-state index contributed by atoms with van der Waals surface area (Å²) >= 11 is 1.58. The maximum atomic E-state index is 12.5. The van der Waals surface area contributed by atoms with Gasteiger partial charge in [0.25, 0.3) is 0 Å². The number of carbonyl (C=O) groups is 1. The Labute approximate surface area is 194 Å². The molecule has 0 aliphatic carbocycles. The van der Waals surface area contributed by atoms with Crippen molar-refractivity contribution in [3.05, 3.63) is 70.7 Å². The SMILES string of the molecule is CC(C)(C)c1ccc(NC(=O)Cc2csc(-c3ccc(CN4CCOCC4)cc3)n2)cc1. The molecule has 2 heterocycles. The van der Waals surface area contributed by atoms with E-state index in [2.05, 4.69) is 72.4 Å². The minimum atomic E-state index is -0.0498. The molecule has 4 rings (SSSR count). The molecule has 32 heavy (non-hydrogen) atoms. The molecule has 0 saturated carbocycles. The van der Waals surface area contributed by atoms with Gasteiger partial charge < -0.3 is 10.1 Å². The smallest absolute Gasteiger partial charge is 0.230 e. The zero-order valence-corrected chi connectivity index (χ0v) is 19.9. The highest BCUT2D eigenvalue weighted by Crippen LogP contribution is 2.26. The Balaban J connectivity index is 1.32. The van der Waals surface area contributed by atoms with Crippen molar-refractivity contribution >= 4 is 22.9 Å². The van der Waals surface area contributed by atoms with Crippen LogP contribution in [-0.2, 0) is 27.9 Å². The van der Waals surface area contributed by atoms with Gasteiger partial charge in [0.15, 0.2) is 0 Å². The number of amides is 1. The van der Waals surface area contributed by atoms with E-state index < -0.39 is 0 Å². The Morgan fingerprint density at radius 3 is 2.41 bits per heavy atom. The third-order valence-corrected chi connectivity index (χ3v) is 6.58. The maximum absolute atomic E-state index is 12.5. The minimum absolute atomic E-state index is 0.0498. The number of hydrogen-bond donors (Lipinski definition) is 1. The lowest BCUT2D eigenvalue weighted by molar-refractivity contribution is -0.115. The number of carbonyl (C=O) groups excluding carboxylic acids is 1. The minimum Gasteiger partial charge on any atom is -0.379 e. The molecule has 1 fully saturated rings. The van der Waals surface area contributed by atoms with E-state index in [-0.39, 0.29) is 17.7 Å². The van der Waals surface area contributed by atoms with Crippen molar-refractivity contribution in [2.24, 2.45) is 0 Å². The molecule has 1 aromatic heterocycles. The molecule has 3 aromatic rings. The summed E-state index contributed by atoms with van der Waals surface area (Å²) in [6.07, 6.45) is 0.270. The summed E-state index contributed by atoms with van der Waals surface area (Å²) in [5.74, 6) is -0.0498. The average Bonchev–Trinajstić information content (AvgIpc) is 3.23. The first-order chi connectivity index (χ1) is 15.4. The lowest BCUT2D eigenvalue weighted by Gasteiger charge is -2.26. The van der Waals surface area contributed by atoms with E-state index in [1.54, 1.807) is 11.3 Å². The number of anilines is 1. The molecule has 1 saturated heterocycles. The van der Waals surface area contributed by atoms with Crippen LogP contribution in [-0.4, -0.2) is 42.1 Å². The maximum Gasteiger partial charge on any atom is 0.230 e. The van der Waals surface area contributed by atoms with Gasteiger partial charge in [-0.25, -0.2) is 4.98 Å². The van der Waals surface area contributed by atoms with Crippen LogP contribution < -0.4 is 5.32 Å². The fraction of sp³-hybridized carbons (Fsp3) is 0.385. The summed E-state index contributed by atoms with van der Waals surface area (Å²) < 4.78 is 5.42. The Hall–Kier alpha value is -2.54. The Morgan fingerprint density at radius 2 is 1.75 bits per heavy atom. The largest absolute Gasteiger partial charge is 0.379 e. The van der Waals surface area contributed by atoms with Crippen molar-refractivity contribution in [2.45, 2.75) is 39.2 Å². The number of benzene rings is 2. The average molecular weight is 450 g/mol. The van der Waals surface area contributed by atoms with Gasteiger partial charge in [0.1, 0.15) is 5.01 Å². The molecule has 1 N–H and O–H groups in total. The molecule has 0 unspecified atom stereocenters. The second-order valence-corrected chi connectivity index (χ2v) is 10.1. The molecular formula is C26H31N3O2S. The summed E-state index contributed by atoms with van der Waals surface area (Å²) in [5, 5.41) is 5.89. The van der Waals surface area contributed by atoms with Gasteiger partial charge in [-0.05, 0) is 28.7 Å². The first kappa shape index (κ1) is 22.6. The number of ether oxygens (including phenoxy) is 1. The van der Waals surface area contributed by atoms with Crippen LogP contribution in [0.25, 0.3) is 10.6 Å². The van der Waals surface area contributed by atoms with Crippen molar-refractivity contribution in [3.63, 3.8) is 0 Å². The predicted octanol–water partition coefficient (Wildman–Crippen LogP) is 5.12. The standard InChI is InChI=1S/C26H31N3O2S/c1-26(2,3)21-8-10-22(11-9-21)27-24(30)16-23-18-32-25(28-23)20-6-4-19(5-7-20)17-29-12-14-31-15-13-29/h4-11,18H,12-17H2,1-3H3,(H,27,30). The van der Waals surface area contributed by atoms with Gasteiger partial charge in [-0.1, -0.05) is 57.2 Å². The number of nitrogens with one attached hydrogen (secondary N) is 1. The second kappa shape index (κ2) is 9.94. The zero-order valence-electron chi connectivity index (χ0n) is 19.1. The van der Waals surface area contributed by atoms with Gasteiger partial charge in [-0.2, -0.15) is 0 Å². The number of rotatable bonds is 6. The van der Waals surface area contributed by atoms with Gasteiger partial charge in [-0.3, -0.25) is 9.69 Å². The Kier molecular flexibility index (Phi) is 7.04. The van der Waals surface area contributed by atoms with Crippen LogP contribution in [0.5, 0.6) is 0 Å². The van der Waals surface area contributed by atoms with Crippen LogP contribution in [0.15, 0.2) is 53.9 Å². The fourth-order valence-electron chi connectivity index (χ4n) is 3.71. The highest BCUT2D eigenvalue weighted by atomic mass is 32.1. The predicted molar refractivity (Wildman–Crippen MR) is 131 cm³/mol. The van der Waals surface area contributed by atoms with E-state index in [4.69, 9.17) is 4.74 Å². The van der Waals surface area contributed by atoms with E-state index in [9.17, 15) is 4.79 Å². The van der Waals surface area contributed by atoms with Crippen LogP contribution in [0.1, 0.15) is 37.6 Å². The summed E-state index contributed by atoms with van der Waals surface area (Å²) in [6.45, 7) is 11.1. The molecule has 0 atom stereocenters. The normalized spacial score (nSPS) is 15.0. The fourth-order valence-corrected chi connectivity index (χ4v) is 4.54. The molecular weight excluding hydrogens is 418 g/mol. The number of hydrogen-bond acceptors (Lipinski definition) is 5. The van der Waals surface area contributed by atoms with E-state index in [0.29, 0.717) is 0 Å². The summed E-state index contributed by atoms with van der Waals surface area (Å²) in [4.78, 5) is 19.6. The van der Waals surface area contributed by atoms with E-state index in [1.165, 1.54) is 11.1 Å². The number of thiazole rings is 1. The van der Waals surface area contributed by atoms with Crippen molar-refractivity contribution < 1.29 is 9.53 Å². The Morgan fingerprint density at radius 1 is 1.06 bits per heavy atom. The molecule has 168 valence electrons. The molecule has 6 heteroatoms. The molecule has 0 bridgehead atoms. The van der Waals surface area contributed by atoms with Crippen LogP contribution in [0.4, 0.5) is 5.69 Å². The third kappa shape index (κ3) is 6.03. The highest BCUT2D eigenvalue weighted by molar-refractivity contribution is 7.13. The van der Waals surface area contributed by atoms with Crippen LogP contribution in [0.3, 0.4) is 0 Å². The molecule has 2 aromatic carbocycles. The number of nitrogens with zero attached hydrogens (tertiary/aromatic N) is 2. The highest BCUT2D eigenvalue weighted by Gasteiger charge is 2.14. The van der Waals surface area contributed by atoms with Crippen molar-refractivity contribution in [1.29, 1.82) is 0 Å². The van der Waals surface area contributed by atoms with Crippen molar-refractivity contribution in [1.82, 2.24) is 9.88 Å². The molecule has 0 radical (unpaired) electrons.